The lowest BCUT2D eigenvalue weighted by Crippen LogP contribution is -2.21. The zero-order valence-electron chi connectivity index (χ0n) is 8.73. The van der Waals surface area contributed by atoms with Crippen molar-refractivity contribution < 1.29 is 14.7 Å². The van der Waals surface area contributed by atoms with Crippen molar-refractivity contribution in [2.75, 3.05) is 0 Å². The van der Waals surface area contributed by atoms with Gasteiger partial charge in [0.15, 0.2) is 0 Å². The van der Waals surface area contributed by atoms with Crippen molar-refractivity contribution in [1.82, 2.24) is 5.48 Å². The third-order valence-electron chi connectivity index (χ3n) is 2.40. The second kappa shape index (κ2) is 4.20. The molecule has 0 bridgehead atoms. The van der Waals surface area contributed by atoms with Gasteiger partial charge in [-0.25, -0.2) is 10.3 Å². The molecule has 0 radical (unpaired) electrons. The van der Waals surface area contributed by atoms with E-state index in [0.717, 1.165) is 16.7 Å². The summed E-state index contributed by atoms with van der Waals surface area (Å²) in [5.74, 6) is 0.459. The highest BCUT2D eigenvalue weighted by atomic mass is 16.6. The van der Waals surface area contributed by atoms with Gasteiger partial charge < -0.3 is 4.74 Å². The number of benzene rings is 1. The topological polar surface area (TPSA) is 58.6 Å². The number of hydrogen-bond donors (Lipinski definition) is 2. The molecule has 0 saturated carbocycles. The summed E-state index contributed by atoms with van der Waals surface area (Å²) in [6, 6.07) is 7.81. The lowest BCUT2D eigenvalue weighted by molar-refractivity contribution is 0.112. The highest BCUT2D eigenvalue weighted by molar-refractivity contribution is 5.88. The Morgan fingerprint density at radius 1 is 1.31 bits per heavy atom. The summed E-state index contributed by atoms with van der Waals surface area (Å²) in [4.78, 5) is 10.8. The van der Waals surface area contributed by atoms with Crippen LogP contribution in [0.5, 0.6) is 0 Å². The van der Waals surface area contributed by atoms with Gasteiger partial charge in [-0.05, 0) is 30.2 Å². The fraction of sp³-hybridized carbons (Fsp3) is 0.0833. The summed E-state index contributed by atoms with van der Waals surface area (Å²) >= 11 is 0. The molecule has 0 heterocycles. The van der Waals surface area contributed by atoms with Crippen molar-refractivity contribution in [2.45, 2.75) is 6.92 Å². The number of ether oxygens (including phenoxy) is 1. The van der Waals surface area contributed by atoms with Crippen LogP contribution in [0.2, 0.25) is 0 Å². The third-order valence-corrected chi connectivity index (χ3v) is 2.40. The van der Waals surface area contributed by atoms with Crippen LogP contribution in [0.15, 0.2) is 42.2 Å². The van der Waals surface area contributed by atoms with Crippen molar-refractivity contribution in [2.24, 2.45) is 0 Å². The first-order valence-electron chi connectivity index (χ1n) is 4.82. The van der Waals surface area contributed by atoms with E-state index in [2.05, 4.69) is 0 Å². The van der Waals surface area contributed by atoms with Crippen LogP contribution in [-0.2, 0) is 4.74 Å². The summed E-state index contributed by atoms with van der Waals surface area (Å²) < 4.78 is 4.85. The first kappa shape index (κ1) is 10.4. The van der Waals surface area contributed by atoms with Gasteiger partial charge in [0.05, 0.1) is 0 Å². The number of aryl methyl sites for hydroxylation is 1. The summed E-state index contributed by atoms with van der Waals surface area (Å²) in [5.41, 5.74) is 4.41. The van der Waals surface area contributed by atoms with Crippen LogP contribution in [0, 0.1) is 6.92 Å². The average Bonchev–Trinajstić information content (AvgIpc) is 2.27. The second-order valence-corrected chi connectivity index (χ2v) is 3.43. The Bertz CT molecular complexity index is 489. The van der Waals surface area contributed by atoms with Crippen molar-refractivity contribution >= 4 is 11.7 Å². The monoisotopic (exact) mass is 217 g/mol. The molecule has 4 nitrogen and oxygen atoms in total. The van der Waals surface area contributed by atoms with Gasteiger partial charge in [0, 0.05) is 5.57 Å². The van der Waals surface area contributed by atoms with E-state index in [1.54, 1.807) is 6.08 Å². The van der Waals surface area contributed by atoms with Gasteiger partial charge in [-0.15, -0.1) is 0 Å². The molecule has 1 aromatic carbocycles. The predicted octanol–water partition coefficient (Wildman–Crippen LogP) is 2.39. The van der Waals surface area contributed by atoms with E-state index < -0.39 is 6.09 Å². The predicted molar refractivity (Wildman–Crippen MR) is 58.6 cm³/mol. The van der Waals surface area contributed by atoms with Crippen LogP contribution in [-0.4, -0.2) is 11.3 Å². The van der Waals surface area contributed by atoms with Crippen LogP contribution in [0.25, 0.3) is 5.57 Å². The maximum Gasteiger partial charge on any atom is 0.436 e. The first-order valence-corrected chi connectivity index (χ1v) is 4.82. The fourth-order valence-electron chi connectivity index (χ4n) is 1.54. The molecule has 0 fully saturated rings. The molecule has 1 aliphatic rings. The lowest BCUT2D eigenvalue weighted by Gasteiger charge is -2.18. The van der Waals surface area contributed by atoms with Crippen LogP contribution >= 0.6 is 0 Å². The molecular formula is C12H11NO3. The summed E-state index contributed by atoms with van der Waals surface area (Å²) in [5, 5.41) is 8.34. The normalized spacial score (nSPS) is 13.4. The largest absolute Gasteiger partial charge is 0.436 e. The highest BCUT2D eigenvalue weighted by Gasteiger charge is 2.19. The Labute approximate surface area is 92.8 Å². The Morgan fingerprint density at radius 3 is 2.62 bits per heavy atom. The summed E-state index contributed by atoms with van der Waals surface area (Å²) in [7, 11) is 0. The quantitative estimate of drug-likeness (QED) is 0.590. The number of nitrogens with one attached hydrogen (secondary N) is 1. The summed E-state index contributed by atoms with van der Waals surface area (Å²) in [6.07, 6.45) is 2.66. The van der Waals surface area contributed by atoms with E-state index in [9.17, 15) is 4.79 Å². The number of carbonyl (C=O) groups is 1. The van der Waals surface area contributed by atoms with Crippen LogP contribution in [0.4, 0.5) is 4.79 Å². The minimum Gasteiger partial charge on any atom is -0.408 e. The fourth-order valence-corrected chi connectivity index (χ4v) is 1.54. The molecule has 1 aromatic rings. The maximum absolute atomic E-state index is 10.8. The van der Waals surface area contributed by atoms with Gasteiger partial charge in [0.25, 0.3) is 0 Å². The molecule has 0 unspecified atom stereocenters. The Hall–Kier alpha value is -2.07. The molecule has 1 amide bonds. The molecule has 0 atom stereocenters. The number of hydroxylamine groups is 1. The SMILES string of the molecule is Cc1ccccc1C1=CC=C1OC(=O)NO. The van der Waals surface area contributed by atoms with Gasteiger partial charge in [-0.2, -0.15) is 0 Å². The van der Waals surface area contributed by atoms with Crippen LogP contribution < -0.4 is 5.48 Å². The van der Waals surface area contributed by atoms with Gasteiger partial charge >= 0.3 is 6.09 Å². The van der Waals surface area contributed by atoms with E-state index in [4.69, 9.17) is 9.94 Å². The van der Waals surface area contributed by atoms with E-state index in [-0.39, 0.29) is 0 Å². The molecule has 82 valence electrons. The zero-order chi connectivity index (χ0) is 11.5. The minimum absolute atomic E-state index is 0.459. The van der Waals surface area contributed by atoms with E-state index >= 15 is 0 Å². The molecule has 0 saturated heterocycles. The molecule has 2 N–H and O–H groups in total. The third kappa shape index (κ3) is 1.83. The van der Waals surface area contributed by atoms with E-state index in [1.807, 2.05) is 37.3 Å². The molecule has 2 rings (SSSR count). The number of amides is 1. The van der Waals surface area contributed by atoms with Crippen LogP contribution in [0.1, 0.15) is 11.1 Å². The molecule has 16 heavy (non-hydrogen) atoms. The first-order chi connectivity index (χ1) is 7.72. The minimum atomic E-state index is -0.884. The number of allylic oxidation sites excluding steroid dienone is 3. The van der Waals surface area contributed by atoms with Crippen LogP contribution in [0.3, 0.4) is 0 Å². The molecule has 0 aromatic heterocycles. The molecule has 4 heteroatoms. The van der Waals surface area contributed by atoms with Crippen molar-refractivity contribution in [3.05, 3.63) is 53.3 Å². The smallest absolute Gasteiger partial charge is 0.408 e. The molecule has 0 spiro atoms. The Morgan fingerprint density at radius 2 is 2.06 bits per heavy atom. The number of rotatable bonds is 2. The van der Waals surface area contributed by atoms with Gasteiger partial charge in [0.2, 0.25) is 0 Å². The standard InChI is InChI=1S/C12H11NO3/c1-8-4-2-3-5-9(8)10-6-7-11(10)16-12(14)13-15/h2-7,15H,1H3,(H,13,14). The summed E-state index contributed by atoms with van der Waals surface area (Å²) in [6.45, 7) is 1.98. The van der Waals surface area contributed by atoms with E-state index in [0.29, 0.717) is 5.76 Å². The Kier molecular flexibility index (Phi) is 2.74. The molecule has 0 aliphatic heterocycles. The molecular weight excluding hydrogens is 206 g/mol. The maximum atomic E-state index is 10.8. The average molecular weight is 217 g/mol. The highest BCUT2D eigenvalue weighted by Crippen LogP contribution is 2.32. The van der Waals surface area contributed by atoms with Crippen molar-refractivity contribution in [3.63, 3.8) is 0 Å². The number of hydrogen-bond acceptors (Lipinski definition) is 3. The second-order valence-electron chi connectivity index (χ2n) is 3.43. The van der Waals surface area contributed by atoms with Gasteiger partial charge in [-0.1, -0.05) is 24.3 Å². The Balaban J connectivity index is 2.14. The van der Waals surface area contributed by atoms with Crippen molar-refractivity contribution in [3.8, 4) is 0 Å². The van der Waals surface area contributed by atoms with Crippen molar-refractivity contribution in [1.29, 1.82) is 0 Å². The number of carbonyl (C=O) groups excluding carboxylic acids is 1. The van der Waals surface area contributed by atoms with Gasteiger partial charge in [-0.3, -0.25) is 5.21 Å². The van der Waals surface area contributed by atoms with Gasteiger partial charge in [0.1, 0.15) is 5.76 Å². The molecule has 1 aliphatic carbocycles. The van der Waals surface area contributed by atoms with E-state index in [1.165, 1.54) is 5.48 Å². The lowest BCUT2D eigenvalue weighted by atomic mass is 9.93. The zero-order valence-corrected chi connectivity index (χ0v) is 8.73.